The molecule has 0 atom stereocenters. The Morgan fingerprint density at radius 1 is 1.53 bits per heavy atom. The number of phenolic OH excluding ortho intramolecular Hbond substituents is 1. The Morgan fingerprint density at radius 3 is 3.00 bits per heavy atom. The van der Waals surface area contributed by atoms with Crippen LogP contribution in [-0.2, 0) is 6.54 Å². The number of halogens is 1. The maximum Gasteiger partial charge on any atom is 0.255 e. The molecule has 0 bridgehead atoms. The summed E-state index contributed by atoms with van der Waals surface area (Å²) >= 11 is 3.20. The van der Waals surface area contributed by atoms with Crippen molar-refractivity contribution in [1.29, 1.82) is 0 Å². The summed E-state index contributed by atoms with van der Waals surface area (Å²) < 4.78 is 0.710. The van der Waals surface area contributed by atoms with Crippen LogP contribution in [0.2, 0.25) is 0 Å². The number of phenols is 1. The van der Waals surface area contributed by atoms with E-state index >= 15 is 0 Å². The minimum Gasteiger partial charge on any atom is -0.507 e. The monoisotopic (exact) mass is 296 g/mol. The molecule has 0 aliphatic rings. The second-order valence-corrected chi connectivity index (χ2v) is 4.19. The van der Waals surface area contributed by atoms with Gasteiger partial charge in [-0.1, -0.05) is 15.9 Å². The molecule has 0 aliphatic heterocycles. The topological polar surface area (TPSA) is 90.9 Å². The molecule has 17 heavy (non-hydrogen) atoms. The third kappa shape index (κ3) is 2.82. The molecule has 3 N–H and O–H groups in total. The largest absolute Gasteiger partial charge is 0.507 e. The van der Waals surface area contributed by atoms with Gasteiger partial charge in [-0.05, 0) is 18.2 Å². The predicted octanol–water partition coefficient (Wildman–Crippen LogP) is 1.20. The molecular formula is C10H9BrN4O2. The van der Waals surface area contributed by atoms with Gasteiger partial charge in [-0.3, -0.25) is 9.89 Å². The third-order valence-electron chi connectivity index (χ3n) is 2.09. The van der Waals surface area contributed by atoms with Crippen molar-refractivity contribution in [3.8, 4) is 5.75 Å². The minimum absolute atomic E-state index is 0.0746. The Labute approximate surface area is 105 Å². The molecule has 0 radical (unpaired) electrons. The van der Waals surface area contributed by atoms with E-state index in [2.05, 4.69) is 36.4 Å². The lowest BCUT2D eigenvalue weighted by atomic mass is 10.2. The molecule has 1 aromatic heterocycles. The lowest BCUT2D eigenvalue weighted by Crippen LogP contribution is -2.23. The van der Waals surface area contributed by atoms with Crippen molar-refractivity contribution >= 4 is 21.8 Å². The molecule has 1 amide bonds. The van der Waals surface area contributed by atoms with E-state index in [0.29, 0.717) is 10.3 Å². The highest BCUT2D eigenvalue weighted by Crippen LogP contribution is 2.22. The van der Waals surface area contributed by atoms with Crippen LogP contribution in [0.4, 0.5) is 0 Å². The molecule has 0 unspecified atom stereocenters. The first-order valence-corrected chi connectivity index (χ1v) is 5.57. The van der Waals surface area contributed by atoms with Crippen molar-refractivity contribution < 1.29 is 9.90 Å². The zero-order valence-corrected chi connectivity index (χ0v) is 10.2. The van der Waals surface area contributed by atoms with Crippen LogP contribution in [0, 0.1) is 0 Å². The Morgan fingerprint density at radius 2 is 2.35 bits per heavy atom. The van der Waals surface area contributed by atoms with Crippen molar-refractivity contribution in [1.82, 2.24) is 20.5 Å². The molecule has 0 fully saturated rings. The van der Waals surface area contributed by atoms with Crippen LogP contribution in [0.15, 0.2) is 29.0 Å². The fraction of sp³-hybridized carbons (Fsp3) is 0.100. The van der Waals surface area contributed by atoms with Gasteiger partial charge in [-0.15, -0.1) is 0 Å². The first kappa shape index (κ1) is 11.6. The lowest BCUT2D eigenvalue weighted by molar-refractivity contribution is 0.0947. The zero-order chi connectivity index (χ0) is 12.3. The number of carbonyl (C=O) groups excluding carboxylic acids is 1. The number of carbonyl (C=O) groups is 1. The predicted molar refractivity (Wildman–Crippen MR) is 63.4 cm³/mol. The van der Waals surface area contributed by atoms with Crippen molar-refractivity contribution in [3.63, 3.8) is 0 Å². The van der Waals surface area contributed by atoms with Crippen LogP contribution in [0.1, 0.15) is 16.2 Å². The summed E-state index contributed by atoms with van der Waals surface area (Å²) in [6.07, 6.45) is 1.36. The number of aromatic amines is 1. The molecule has 6 nitrogen and oxygen atoms in total. The summed E-state index contributed by atoms with van der Waals surface area (Å²) in [5, 5.41) is 18.5. The SMILES string of the molecule is O=C(NCc1ncn[nH]1)c1ccc(Br)cc1O. The molecular weight excluding hydrogens is 288 g/mol. The number of aromatic nitrogens is 3. The van der Waals surface area contributed by atoms with E-state index in [1.165, 1.54) is 18.5 Å². The number of nitrogens with zero attached hydrogens (tertiary/aromatic N) is 2. The minimum atomic E-state index is -0.369. The van der Waals surface area contributed by atoms with Gasteiger partial charge >= 0.3 is 0 Å². The average molecular weight is 297 g/mol. The summed E-state index contributed by atoms with van der Waals surface area (Å²) in [6, 6.07) is 4.68. The van der Waals surface area contributed by atoms with E-state index in [-0.39, 0.29) is 23.8 Å². The van der Waals surface area contributed by atoms with E-state index in [9.17, 15) is 9.90 Å². The first-order chi connectivity index (χ1) is 8.16. The molecule has 0 aliphatic carbocycles. The van der Waals surface area contributed by atoms with Crippen LogP contribution in [0.3, 0.4) is 0 Å². The van der Waals surface area contributed by atoms with Gasteiger partial charge in [0.25, 0.3) is 5.91 Å². The Kier molecular flexibility index (Phi) is 3.38. The van der Waals surface area contributed by atoms with Crippen molar-refractivity contribution in [2.75, 3.05) is 0 Å². The molecule has 1 heterocycles. The highest BCUT2D eigenvalue weighted by Gasteiger charge is 2.11. The summed E-state index contributed by atoms with van der Waals surface area (Å²) in [5.74, 6) is 0.107. The number of H-pyrrole nitrogens is 1. The number of aromatic hydroxyl groups is 1. The fourth-order valence-corrected chi connectivity index (χ4v) is 1.62. The van der Waals surface area contributed by atoms with Crippen LogP contribution in [0.25, 0.3) is 0 Å². The Hall–Kier alpha value is -1.89. The van der Waals surface area contributed by atoms with Gasteiger partial charge in [0.05, 0.1) is 12.1 Å². The average Bonchev–Trinajstić information content (AvgIpc) is 2.78. The van der Waals surface area contributed by atoms with Gasteiger partial charge in [0.1, 0.15) is 17.9 Å². The highest BCUT2D eigenvalue weighted by atomic mass is 79.9. The molecule has 0 spiro atoms. The molecule has 2 rings (SSSR count). The van der Waals surface area contributed by atoms with Crippen LogP contribution >= 0.6 is 15.9 Å². The highest BCUT2D eigenvalue weighted by molar-refractivity contribution is 9.10. The van der Waals surface area contributed by atoms with Gasteiger partial charge in [0.15, 0.2) is 0 Å². The molecule has 7 heteroatoms. The fourth-order valence-electron chi connectivity index (χ4n) is 1.27. The standard InChI is InChI=1S/C10H9BrN4O2/c11-6-1-2-7(8(16)3-6)10(17)12-4-9-13-5-14-15-9/h1-3,5,16H,4H2,(H,12,17)(H,13,14,15). The van der Waals surface area contributed by atoms with E-state index in [1.807, 2.05) is 0 Å². The van der Waals surface area contributed by atoms with Gasteiger partial charge in [0, 0.05) is 4.47 Å². The Bertz CT molecular complexity index is 527. The first-order valence-electron chi connectivity index (χ1n) is 4.78. The van der Waals surface area contributed by atoms with Crippen molar-refractivity contribution in [2.45, 2.75) is 6.54 Å². The number of hydrogen-bond donors (Lipinski definition) is 3. The van der Waals surface area contributed by atoms with Crippen molar-refractivity contribution in [3.05, 3.63) is 40.4 Å². The molecule has 88 valence electrons. The van der Waals surface area contributed by atoms with Gasteiger partial charge in [-0.25, -0.2) is 4.98 Å². The number of amides is 1. The van der Waals surface area contributed by atoms with Gasteiger partial charge in [0.2, 0.25) is 0 Å². The van der Waals surface area contributed by atoms with E-state index < -0.39 is 0 Å². The second-order valence-electron chi connectivity index (χ2n) is 3.28. The van der Waals surface area contributed by atoms with Gasteiger partial charge in [-0.2, -0.15) is 5.10 Å². The Balaban J connectivity index is 2.04. The van der Waals surface area contributed by atoms with Crippen LogP contribution in [0.5, 0.6) is 5.75 Å². The molecule has 1 aromatic carbocycles. The lowest BCUT2D eigenvalue weighted by Gasteiger charge is -2.05. The summed E-state index contributed by atoms with van der Waals surface area (Å²) in [7, 11) is 0. The quantitative estimate of drug-likeness (QED) is 0.794. The van der Waals surface area contributed by atoms with E-state index in [4.69, 9.17) is 0 Å². The maximum atomic E-state index is 11.7. The third-order valence-corrected chi connectivity index (χ3v) is 2.58. The van der Waals surface area contributed by atoms with E-state index in [0.717, 1.165) is 0 Å². The smallest absolute Gasteiger partial charge is 0.255 e. The molecule has 2 aromatic rings. The van der Waals surface area contributed by atoms with Crippen molar-refractivity contribution in [2.24, 2.45) is 0 Å². The number of hydrogen-bond acceptors (Lipinski definition) is 4. The molecule has 0 saturated carbocycles. The normalized spacial score (nSPS) is 10.2. The zero-order valence-electron chi connectivity index (χ0n) is 8.64. The van der Waals surface area contributed by atoms with Crippen LogP contribution < -0.4 is 5.32 Å². The number of rotatable bonds is 3. The second kappa shape index (κ2) is 4.96. The maximum absolute atomic E-state index is 11.7. The van der Waals surface area contributed by atoms with Gasteiger partial charge < -0.3 is 10.4 Å². The summed E-state index contributed by atoms with van der Waals surface area (Å²) in [6.45, 7) is 0.230. The summed E-state index contributed by atoms with van der Waals surface area (Å²) in [5.41, 5.74) is 0.215. The van der Waals surface area contributed by atoms with Crippen LogP contribution in [-0.4, -0.2) is 26.2 Å². The van der Waals surface area contributed by atoms with E-state index in [1.54, 1.807) is 6.07 Å². The number of nitrogens with one attached hydrogen (secondary N) is 2. The number of benzene rings is 1. The summed E-state index contributed by atoms with van der Waals surface area (Å²) in [4.78, 5) is 15.6. The molecule has 0 saturated heterocycles.